The van der Waals surface area contributed by atoms with E-state index >= 15 is 0 Å². The van der Waals surface area contributed by atoms with E-state index in [2.05, 4.69) is 28.0 Å². The average molecular weight is 316 g/mol. The van der Waals surface area contributed by atoms with Crippen LogP contribution >= 0.6 is 15.9 Å². The van der Waals surface area contributed by atoms with Crippen LogP contribution in [0, 0.1) is 0 Å². The van der Waals surface area contributed by atoms with E-state index in [-0.39, 0.29) is 5.78 Å². The van der Waals surface area contributed by atoms with E-state index < -0.39 is 5.54 Å². The lowest BCUT2D eigenvalue weighted by molar-refractivity contribution is 0.0697. The summed E-state index contributed by atoms with van der Waals surface area (Å²) in [6.45, 7) is 6.85. The van der Waals surface area contributed by atoms with Gasteiger partial charge in [-0.3, -0.25) is 14.4 Å². The van der Waals surface area contributed by atoms with Gasteiger partial charge in [0.25, 0.3) is 0 Å². The molecule has 0 saturated heterocycles. The highest BCUT2D eigenvalue weighted by Crippen LogP contribution is 2.26. The van der Waals surface area contributed by atoms with Gasteiger partial charge < -0.3 is 0 Å². The molecule has 1 atom stereocenters. The number of aromatic nitrogens is 2. The molecule has 0 saturated carbocycles. The fraction of sp³-hybridized carbons (Fsp3) is 0.692. The Morgan fingerprint density at radius 2 is 2.11 bits per heavy atom. The van der Waals surface area contributed by atoms with Crippen molar-refractivity contribution in [2.75, 3.05) is 14.1 Å². The van der Waals surface area contributed by atoms with Gasteiger partial charge in [0.1, 0.15) is 5.69 Å². The van der Waals surface area contributed by atoms with Crippen LogP contribution in [0.1, 0.15) is 44.1 Å². The summed E-state index contributed by atoms with van der Waals surface area (Å²) in [5.74, 6) is 0.118. The molecule has 1 unspecified atom stereocenters. The Hall–Kier alpha value is -0.680. The van der Waals surface area contributed by atoms with Crippen molar-refractivity contribution in [3.63, 3.8) is 0 Å². The lowest BCUT2D eigenvalue weighted by Gasteiger charge is -2.34. The molecule has 102 valence electrons. The second-order valence-electron chi connectivity index (χ2n) is 4.92. The molecular formula is C13H22BrN3O. The molecule has 1 aromatic rings. The molecule has 0 N–H and O–H groups in total. The summed E-state index contributed by atoms with van der Waals surface area (Å²) in [6, 6.07) is 0. The number of ketones is 1. The highest BCUT2D eigenvalue weighted by Gasteiger charge is 2.37. The zero-order valence-corrected chi connectivity index (χ0v) is 13.4. The van der Waals surface area contributed by atoms with E-state index in [0.717, 1.165) is 23.9 Å². The van der Waals surface area contributed by atoms with Crippen molar-refractivity contribution < 1.29 is 4.79 Å². The smallest absolute Gasteiger partial charge is 0.201 e. The lowest BCUT2D eigenvalue weighted by atomic mass is 9.90. The van der Waals surface area contributed by atoms with Gasteiger partial charge in [-0.15, -0.1) is 0 Å². The monoisotopic (exact) mass is 315 g/mol. The molecule has 18 heavy (non-hydrogen) atoms. The topological polar surface area (TPSA) is 38.1 Å². The third-order valence-electron chi connectivity index (χ3n) is 3.61. The highest BCUT2D eigenvalue weighted by atomic mass is 79.9. The van der Waals surface area contributed by atoms with Gasteiger partial charge in [-0.2, -0.15) is 5.10 Å². The molecule has 0 radical (unpaired) electrons. The lowest BCUT2D eigenvalue weighted by Crippen LogP contribution is -2.48. The van der Waals surface area contributed by atoms with Crippen molar-refractivity contribution in [2.45, 2.75) is 45.7 Å². The molecule has 0 amide bonds. The molecular weight excluding hydrogens is 294 g/mol. The summed E-state index contributed by atoms with van der Waals surface area (Å²) < 4.78 is 2.58. The van der Waals surface area contributed by atoms with Crippen molar-refractivity contribution in [2.24, 2.45) is 0 Å². The molecule has 0 aliphatic carbocycles. The highest BCUT2D eigenvalue weighted by molar-refractivity contribution is 9.10. The van der Waals surface area contributed by atoms with E-state index in [1.807, 2.05) is 32.8 Å². The van der Waals surface area contributed by atoms with Gasteiger partial charge in [-0.05, 0) is 49.8 Å². The molecule has 4 nitrogen and oxygen atoms in total. The van der Waals surface area contributed by atoms with Crippen molar-refractivity contribution >= 4 is 21.7 Å². The number of hydrogen-bond donors (Lipinski definition) is 0. The van der Waals surface area contributed by atoms with Crippen LogP contribution in [0.3, 0.4) is 0 Å². The first-order valence-corrected chi connectivity index (χ1v) is 7.11. The van der Waals surface area contributed by atoms with E-state index in [0.29, 0.717) is 5.69 Å². The predicted octanol–water partition coefficient (Wildman–Crippen LogP) is 2.97. The minimum atomic E-state index is -0.492. The van der Waals surface area contributed by atoms with Crippen molar-refractivity contribution in [3.05, 3.63) is 16.4 Å². The fourth-order valence-corrected chi connectivity index (χ4v) is 2.38. The van der Waals surface area contributed by atoms with Crippen LogP contribution in [0.5, 0.6) is 0 Å². The first-order valence-electron chi connectivity index (χ1n) is 6.32. The Morgan fingerprint density at radius 1 is 1.50 bits per heavy atom. The van der Waals surface area contributed by atoms with Crippen LogP contribution in [-0.2, 0) is 6.54 Å². The van der Waals surface area contributed by atoms with Crippen LogP contribution in [0.25, 0.3) is 0 Å². The minimum absolute atomic E-state index is 0.118. The maximum atomic E-state index is 12.8. The van der Waals surface area contributed by atoms with Gasteiger partial charge in [0.15, 0.2) is 0 Å². The third kappa shape index (κ3) is 2.67. The first-order chi connectivity index (χ1) is 8.38. The normalized spacial score (nSPS) is 14.8. The molecule has 1 aromatic heterocycles. The van der Waals surface area contributed by atoms with Crippen LogP contribution in [0.2, 0.25) is 0 Å². The molecule has 1 heterocycles. The van der Waals surface area contributed by atoms with E-state index in [1.54, 1.807) is 10.9 Å². The summed E-state index contributed by atoms with van der Waals surface area (Å²) in [5, 5.41) is 4.26. The number of Topliss-reactive ketones (excluding diaryl/α,β-unsaturated/α-hetero) is 1. The Kier molecular flexibility index (Phi) is 5.10. The number of rotatable bonds is 6. The SMILES string of the molecule is CCCn1ncc(Br)c1C(=O)C(C)(CC)N(C)C. The van der Waals surface area contributed by atoms with Crippen LogP contribution in [-0.4, -0.2) is 40.1 Å². The Labute approximate surface area is 117 Å². The zero-order valence-electron chi connectivity index (χ0n) is 11.8. The van der Waals surface area contributed by atoms with Gasteiger partial charge in [0, 0.05) is 6.54 Å². The number of hydrogen-bond acceptors (Lipinski definition) is 3. The van der Waals surface area contributed by atoms with Gasteiger partial charge in [-0.1, -0.05) is 13.8 Å². The molecule has 0 aliphatic rings. The van der Waals surface area contributed by atoms with Crippen LogP contribution in [0.15, 0.2) is 10.7 Å². The standard InChI is InChI=1S/C13H22BrN3O/c1-6-8-17-11(10(14)9-15-17)12(18)13(3,7-2)16(4)5/h9H,6-8H2,1-5H3. The Bertz CT molecular complexity index is 428. The molecule has 1 rings (SSSR count). The zero-order chi connectivity index (χ0) is 13.9. The van der Waals surface area contributed by atoms with Crippen LogP contribution in [0.4, 0.5) is 0 Å². The van der Waals surface area contributed by atoms with Crippen LogP contribution < -0.4 is 0 Å². The summed E-state index contributed by atoms with van der Waals surface area (Å²) >= 11 is 3.44. The van der Waals surface area contributed by atoms with Crippen molar-refractivity contribution in [1.82, 2.24) is 14.7 Å². The summed E-state index contributed by atoms with van der Waals surface area (Å²) in [4.78, 5) is 14.8. The molecule has 0 aliphatic heterocycles. The fourth-order valence-electron chi connectivity index (χ4n) is 1.90. The minimum Gasteiger partial charge on any atom is -0.297 e. The average Bonchev–Trinajstić information content (AvgIpc) is 2.68. The summed E-state index contributed by atoms with van der Waals surface area (Å²) in [7, 11) is 3.88. The van der Waals surface area contributed by atoms with Crippen molar-refractivity contribution in [1.29, 1.82) is 0 Å². The first kappa shape index (κ1) is 15.4. The second kappa shape index (κ2) is 5.97. The van der Waals surface area contributed by atoms with Gasteiger partial charge in [0.2, 0.25) is 5.78 Å². The number of likely N-dealkylation sites (N-methyl/N-ethyl adjacent to an activating group) is 1. The number of halogens is 1. The number of nitrogens with zero attached hydrogens (tertiary/aromatic N) is 3. The van der Waals surface area contributed by atoms with Gasteiger partial charge in [0.05, 0.1) is 16.2 Å². The molecule has 0 bridgehead atoms. The maximum absolute atomic E-state index is 12.8. The third-order valence-corrected chi connectivity index (χ3v) is 4.19. The quantitative estimate of drug-likeness (QED) is 0.757. The van der Waals surface area contributed by atoms with E-state index in [1.165, 1.54) is 0 Å². The largest absolute Gasteiger partial charge is 0.297 e. The summed E-state index contributed by atoms with van der Waals surface area (Å²) in [6.07, 6.45) is 3.43. The van der Waals surface area contributed by atoms with Gasteiger partial charge in [-0.25, -0.2) is 0 Å². The molecule has 0 aromatic carbocycles. The number of carbonyl (C=O) groups excluding carboxylic acids is 1. The second-order valence-corrected chi connectivity index (χ2v) is 5.77. The van der Waals surface area contributed by atoms with Crippen molar-refractivity contribution in [3.8, 4) is 0 Å². The van der Waals surface area contributed by atoms with E-state index in [4.69, 9.17) is 0 Å². The maximum Gasteiger partial charge on any atom is 0.201 e. The Balaban J connectivity index is 3.21. The molecule has 0 spiro atoms. The predicted molar refractivity (Wildman–Crippen MR) is 76.9 cm³/mol. The molecule has 0 fully saturated rings. The number of carbonyl (C=O) groups is 1. The van der Waals surface area contributed by atoms with E-state index in [9.17, 15) is 4.79 Å². The molecule has 5 heteroatoms. The van der Waals surface area contributed by atoms with Gasteiger partial charge >= 0.3 is 0 Å². The summed E-state index contributed by atoms with van der Waals surface area (Å²) in [5.41, 5.74) is 0.184. The number of aryl methyl sites for hydroxylation is 1. The Morgan fingerprint density at radius 3 is 2.56 bits per heavy atom.